The molecule has 0 saturated carbocycles. The van der Waals surface area contributed by atoms with Crippen LogP contribution in [-0.4, -0.2) is 10.3 Å². The topological polar surface area (TPSA) is 43.1 Å². The second kappa shape index (κ2) is 5.60. The van der Waals surface area contributed by atoms with Crippen LogP contribution < -0.4 is 0 Å². The van der Waals surface area contributed by atoms with E-state index < -0.39 is 16.4 Å². The molecule has 5 heteroatoms. The minimum atomic E-state index is -0.784. The predicted molar refractivity (Wildman–Crippen MR) is 60.5 cm³/mol. The van der Waals surface area contributed by atoms with Gasteiger partial charge in [-0.2, -0.15) is 4.39 Å². The summed E-state index contributed by atoms with van der Waals surface area (Å²) in [4.78, 5) is 9.71. The van der Waals surface area contributed by atoms with Gasteiger partial charge in [-0.25, -0.2) is 0 Å². The van der Waals surface area contributed by atoms with Crippen molar-refractivity contribution in [2.24, 2.45) is 0 Å². The molecule has 0 aromatic heterocycles. The highest BCUT2D eigenvalue weighted by Crippen LogP contribution is 2.21. The summed E-state index contributed by atoms with van der Waals surface area (Å²) >= 11 is 3.23. The molecule has 0 aliphatic heterocycles. The zero-order chi connectivity index (χ0) is 11.3. The van der Waals surface area contributed by atoms with Gasteiger partial charge in [0.05, 0.1) is 4.92 Å². The molecule has 0 N–H and O–H groups in total. The molecule has 15 heavy (non-hydrogen) atoms. The Morgan fingerprint density at radius 3 is 2.87 bits per heavy atom. The Morgan fingerprint density at radius 1 is 1.53 bits per heavy atom. The van der Waals surface area contributed by atoms with Gasteiger partial charge in [0.1, 0.15) is 0 Å². The number of nitrogens with zero attached hydrogens (tertiary/aromatic N) is 1. The third kappa shape index (κ3) is 3.13. The van der Waals surface area contributed by atoms with Gasteiger partial charge >= 0.3 is 5.69 Å². The van der Waals surface area contributed by atoms with Gasteiger partial charge in [0.15, 0.2) is 0 Å². The molecule has 1 rings (SSSR count). The molecule has 0 heterocycles. The molecule has 0 aliphatic rings. The van der Waals surface area contributed by atoms with Gasteiger partial charge in [-0.1, -0.05) is 40.2 Å². The normalized spacial score (nSPS) is 10.8. The van der Waals surface area contributed by atoms with E-state index in [0.717, 1.165) is 17.8 Å². The van der Waals surface area contributed by atoms with Crippen molar-refractivity contribution in [3.05, 3.63) is 45.8 Å². The summed E-state index contributed by atoms with van der Waals surface area (Å²) in [5, 5.41) is 11.2. The molecule has 0 atom stereocenters. The van der Waals surface area contributed by atoms with E-state index in [2.05, 4.69) is 15.9 Å². The maximum absolute atomic E-state index is 13.4. The molecule has 1 aromatic carbocycles. The summed E-state index contributed by atoms with van der Waals surface area (Å²) in [7, 11) is 0. The first-order valence-electron chi connectivity index (χ1n) is 4.32. The summed E-state index contributed by atoms with van der Waals surface area (Å²) in [5.74, 6) is -0.784. The lowest BCUT2D eigenvalue weighted by Gasteiger charge is -1.97. The molecule has 0 spiro atoms. The Hall–Kier alpha value is -1.23. The highest BCUT2D eigenvalue weighted by molar-refractivity contribution is 9.09. The molecule has 0 fully saturated rings. The lowest BCUT2D eigenvalue weighted by Crippen LogP contribution is -1.94. The SMILES string of the molecule is O=[N+]([O-])c1cccc(C=CCCBr)c1F. The minimum Gasteiger partial charge on any atom is -0.258 e. The lowest BCUT2D eigenvalue weighted by molar-refractivity contribution is -0.387. The predicted octanol–water partition coefficient (Wildman–Crippen LogP) is 3.53. The van der Waals surface area contributed by atoms with E-state index in [4.69, 9.17) is 0 Å². The van der Waals surface area contributed by atoms with Crippen LogP contribution in [-0.2, 0) is 0 Å². The van der Waals surface area contributed by atoms with E-state index in [1.54, 1.807) is 12.2 Å². The molecular weight excluding hydrogens is 265 g/mol. The first-order valence-corrected chi connectivity index (χ1v) is 5.44. The van der Waals surface area contributed by atoms with E-state index in [9.17, 15) is 14.5 Å². The molecule has 80 valence electrons. The number of halogens is 2. The fourth-order valence-electron chi connectivity index (χ4n) is 1.08. The van der Waals surface area contributed by atoms with Gasteiger partial charge in [0.2, 0.25) is 5.82 Å². The number of nitro groups is 1. The van der Waals surface area contributed by atoms with Crippen LogP contribution in [0.5, 0.6) is 0 Å². The van der Waals surface area contributed by atoms with Crippen LogP contribution in [0.4, 0.5) is 10.1 Å². The zero-order valence-electron chi connectivity index (χ0n) is 7.82. The molecular formula is C10H9BrFNO2. The largest absolute Gasteiger partial charge is 0.305 e. The van der Waals surface area contributed by atoms with E-state index in [1.807, 2.05) is 0 Å². The number of rotatable bonds is 4. The minimum absolute atomic E-state index is 0.241. The number of hydrogen-bond acceptors (Lipinski definition) is 2. The molecule has 0 bridgehead atoms. The Bertz CT molecular complexity index is 393. The number of allylic oxidation sites excluding steroid dienone is 1. The van der Waals surface area contributed by atoms with Crippen molar-refractivity contribution in [2.45, 2.75) is 6.42 Å². The van der Waals surface area contributed by atoms with E-state index in [1.165, 1.54) is 12.1 Å². The van der Waals surface area contributed by atoms with Gasteiger partial charge in [-0.15, -0.1) is 0 Å². The van der Waals surface area contributed by atoms with Gasteiger partial charge in [-0.3, -0.25) is 10.1 Å². The van der Waals surface area contributed by atoms with Crippen LogP contribution in [0.1, 0.15) is 12.0 Å². The van der Waals surface area contributed by atoms with Crippen LogP contribution in [0.3, 0.4) is 0 Å². The van der Waals surface area contributed by atoms with E-state index in [-0.39, 0.29) is 5.56 Å². The van der Waals surface area contributed by atoms with Crippen LogP contribution in [0.2, 0.25) is 0 Å². The third-order valence-electron chi connectivity index (χ3n) is 1.78. The maximum Gasteiger partial charge on any atom is 0.305 e. The van der Waals surface area contributed by atoms with Crippen LogP contribution in [0.25, 0.3) is 6.08 Å². The maximum atomic E-state index is 13.4. The quantitative estimate of drug-likeness (QED) is 0.479. The summed E-state index contributed by atoms with van der Waals surface area (Å²) in [6.45, 7) is 0. The van der Waals surface area contributed by atoms with Crippen molar-refractivity contribution < 1.29 is 9.31 Å². The molecule has 1 aromatic rings. The van der Waals surface area contributed by atoms with Crippen molar-refractivity contribution in [2.75, 3.05) is 5.33 Å². The Kier molecular flexibility index (Phi) is 4.42. The molecule has 0 radical (unpaired) electrons. The molecule has 0 unspecified atom stereocenters. The van der Waals surface area contributed by atoms with Gasteiger partial charge < -0.3 is 0 Å². The second-order valence-electron chi connectivity index (χ2n) is 2.82. The Morgan fingerprint density at radius 2 is 2.27 bits per heavy atom. The van der Waals surface area contributed by atoms with Crippen molar-refractivity contribution in [1.82, 2.24) is 0 Å². The monoisotopic (exact) mass is 273 g/mol. The zero-order valence-corrected chi connectivity index (χ0v) is 9.41. The number of nitro benzene ring substituents is 1. The average molecular weight is 274 g/mol. The van der Waals surface area contributed by atoms with Gasteiger partial charge in [0.25, 0.3) is 0 Å². The lowest BCUT2D eigenvalue weighted by atomic mass is 10.1. The van der Waals surface area contributed by atoms with Crippen molar-refractivity contribution in [1.29, 1.82) is 0 Å². The summed E-state index contributed by atoms with van der Waals surface area (Å²) in [6.07, 6.45) is 4.06. The highest BCUT2D eigenvalue weighted by atomic mass is 79.9. The van der Waals surface area contributed by atoms with Crippen molar-refractivity contribution in [3.8, 4) is 0 Å². The molecule has 0 aliphatic carbocycles. The molecule has 0 saturated heterocycles. The van der Waals surface area contributed by atoms with Crippen molar-refractivity contribution in [3.63, 3.8) is 0 Å². The summed E-state index contributed by atoms with van der Waals surface area (Å²) in [6, 6.07) is 4.12. The standard InChI is InChI=1S/C10H9BrFNO2/c11-7-2-1-4-8-5-3-6-9(10(8)12)13(14)15/h1,3-6H,2,7H2. The van der Waals surface area contributed by atoms with Crippen LogP contribution in [0, 0.1) is 15.9 Å². The Balaban J connectivity index is 2.99. The number of benzene rings is 1. The van der Waals surface area contributed by atoms with E-state index >= 15 is 0 Å². The summed E-state index contributed by atoms with van der Waals surface area (Å²) < 4.78 is 13.4. The molecule has 0 amide bonds. The first kappa shape index (κ1) is 11.8. The van der Waals surface area contributed by atoms with Crippen LogP contribution >= 0.6 is 15.9 Å². The Labute approximate surface area is 94.9 Å². The number of alkyl halides is 1. The van der Waals surface area contributed by atoms with Crippen molar-refractivity contribution >= 4 is 27.7 Å². The highest BCUT2D eigenvalue weighted by Gasteiger charge is 2.15. The van der Waals surface area contributed by atoms with Gasteiger partial charge in [-0.05, 0) is 6.42 Å². The number of hydrogen-bond donors (Lipinski definition) is 0. The van der Waals surface area contributed by atoms with Crippen LogP contribution in [0.15, 0.2) is 24.3 Å². The fourth-order valence-corrected chi connectivity index (χ4v) is 1.34. The molecule has 3 nitrogen and oxygen atoms in total. The van der Waals surface area contributed by atoms with Gasteiger partial charge in [0, 0.05) is 17.0 Å². The summed E-state index contributed by atoms with van der Waals surface area (Å²) in [5.41, 5.74) is -0.249. The second-order valence-corrected chi connectivity index (χ2v) is 3.61. The average Bonchev–Trinajstić information content (AvgIpc) is 2.20. The fraction of sp³-hybridized carbons (Fsp3) is 0.200. The third-order valence-corrected chi connectivity index (χ3v) is 2.24. The smallest absolute Gasteiger partial charge is 0.258 e. The first-order chi connectivity index (χ1) is 7.16. The van der Waals surface area contributed by atoms with E-state index in [0.29, 0.717) is 0 Å².